The summed E-state index contributed by atoms with van der Waals surface area (Å²) in [5.41, 5.74) is 4.51. The van der Waals surface area contributed by atoms with Gasteiger partial charge in [0.15, 0.2) is 0 Å². The zero-order chi connectivity index (χ0) is 20.2. The number of hydrogen-bond acceptors (Lipinski definition) is 3. The van der Waals surface area contributed by atoms with Crippen molar-refractivity contribution in [2.75, 3.05) is 11.0 Å². The van der Waals surface area contributed by atoms with E-state index in [9.17, 15) is 8.42 Å². The Morgan fingerprint density at radius 2 is 1.72 bits per heavy atom. The van der Waals surface area contributed by atoms with Crippen LogP contribution in [-0.2, 0) is 10.0 Å². The van der Waals surface area contributed by atoms with Crippen molar-refractivity contribution in [2.24, 2.45) is 11.8 Å². The Kier molecular flexibility index (Phi) is 4.18. The Bertz CT molecular complexity index is 1220. The van der Waals surface area contributed by atoms with E-state index in [-0.39, 0.29) is 0 Å². The van der Waals surface area contributed by atoms with Crippen molar-refractivity contribution >= 4 is 26.6 Å². The number of nitrogens with zero attached hydrogens (tertiary/aromatic N) is 2. The Morgan fingerprint density at radius 3 is 2.28 bits per heavy atom. The zero-order valence-corrected chi connectivity index (χ0v) is 17.1. The summed E-state index contributed by atoms with van der Waals surface area (Å²) in [5.74, 6) is 1.44. The molecule has 0 unspecified atom stereocenters. The number of benzene rings is 2. The fourth-order valence-electron chi connectivity index (χ4n) is 4.44. The second-order valence-electron chi connectivity index (χ2n) is 8.41. The average molecular weight is 406 g/mol. The molecule has 1 aromatic heterocycles. The Balaban J connectivity index is 1.68. The topological polar surface area (TPSA) is 74.9 Å². The van der Waals surface area contributed by atoms with Crippen LogP contribution in [0, 0.1) is 23.2 Å². The van der Waals surface area contributed by atoms with Crippen molar-refractivity contribution in [1.29, 1.82) is 5.26 Å². The number of rotatable bonds is 6. The minimum absolute atomic E-state index is 0.484. The Morgan fingerprint density at radius 1 is 1.07 bits per heavy atom. The Hall–Kier alpha value is -2.78. The van der Waals surface area contributed by atoms with Crippen molar-refractivity contribution in [1.82, 2.24) is 4.57 Å². The standard InChI is InChI=1S/C23H23N3O2S/c1-29(27,28)25-19-10-11-20-21(16-4-2-15(13-24)3-5-16)14-26(22(20)12-19)23(17-6-7-17)18-8-9-18/h2-5,10-12,14,17-18,23,25H,6-9H2,1H3. The largest absolute Gasteiger partial charge is 0.343 e. The van der Waals surface area contributed by atoms with E-state index in [0.29, 0.717) is 17.3 Å². The average Bonchev–Trinajstić information content (AvgIpc) is 3.60. The molecule has 0 bridgehead atoms. The highest BCUT2D eigenvalue weighted by Gasteiger charge is 2.43. The molecule has 2 saturated carbocycles. The van der Waals surface area contributed by atoms with Crippen molar-refractivity contribution in [3.63, 3.8) is 0 Å². The molecule has 0 saturated heterocycles. The molecule has 2 fully saturated rings. The second kappa shape index (κ2) is 6.64. The molecule has 0 spiro atoms. The molecule has 1 heterocycles. The number of aromatic nitrogens is 1. The van der Waals surface area contributed by atoms with Crippen LogP contribution in [0.2, 0.25) is 0 Å². The van der Waals surface area contributed by atoms with Gasteiger partial charge in [-0.2, -0.15) is 5.26 Å². The predicted octanol–water partition coefficient (Wildman–Crippen LogP) is 4.91. The van der Waals surface area contributed by atoms with Gasteiger partial charge in [0.25, 0.3) is 0 Å². The van der Waals surface area contributed by atoms with Crippen LogP contribution in [0.25, 0.3) is 22.0 Å². The highest BCUT2D eigenvalue weighted by Crippen LogP contribution is 2.53. The number of nitriles is 1. The number of hydrogen-bond donors (Lipinski definition) is 1. The van der Waals surface area contributed by atoms with E-state index in [1.807, 2.05) is 42.5 Å². The van der Waals surface area contributed by atoms with Gasteiger partial charge in [-0.1, -0.05) is 18.2 Å². The summed E-state index contributed by atoms with van der Waals surface area (Å²) in [4.78, 5) is 0. The molecule has 0 amide bonds. The van der Waals surface area contributed by atoms with Gasteiger partial charge in [-0.3, -0.25) is 4.72 Å². The summed E-state index contributed by atoms with van der Waals surface area (Å²) < 4.78 is 28.5. The molecule has 5 rings (SSSR count). The first kappa shape index (κ1) is 18.3. The smallest absolute Gasteiger partial charge is 0.229 e. The molecule has 2 aliphatic carbocycles. The fraction of sp³-hybridized carbons (Fsp3) is 0.348. The van der Waals surface area contributed by atoms with Crippen molar-refractivity contribution < 1.29 is 8.42 Å². The molecule has 3 aromatic rings. The Labute approximate surface area is 171 Å². The lowest BCUT2D eigenvalue weighted by Gasteiger charge is -2.19. The zero-order valence-electron chi connectivity index (χ0n) is 16.3. The maximum absolute atomic E-state index is 11.7. The summed E-state index contributed by atoms with van der Waals surface area (Å²) in [6, 6.07) is 16.1. The third-order valence-electron chi connectivity index (χ3n) is 5.99. The normalized spacial score (nSPS) is 16.9. The van der Waals surface area contributed by atoms with Crippen molar-refractivity contribution in [2.45, 2.75) is 31.7 Å². The lowest BCUT2D eigenvalue weighted by atomic mass is 10.0. The minimum atomic E-state index is -3.33. The van der Waals surface area contributed by atoms with Gasteiger partial charge in [0, 0.05) is 23.2 Å². The molecule has 148 valence electrons. The van der Waals surface area contributed by atoms with E-state index in [1.165, 1.54) is 31.9 Å². The monoisotopic (exact) mass is 405 g/mol. The molecular formula is C23H23N3O2S. The van der Waals surface area contributed by atoms with E-state index < -0.39 is 10.0 Å². The van der Waals surface area contributed by atoms with Crippen LogP contribution in [0.1, 0.15) is 37.3 Å². The second-order valence-corrected chi connectivity index (χ2v) is 10.2. The van der Waals surface area contributed by atoms with E-state index >= 15 is 0 Å². The molecule has 5 nitrogen and oxygen atoms in total. The first-order chi connectivity index (χ1) is 13.9. The van der Waals surface area contributed by atoms with Gasteiger partial charge in [0.1, 0.15) is 0 Å². The van der Waals surface area contributed by atoms with Crippen LogP contribution < -0.4 is 4.72 Å². The molecule has 2 aromatic carbocycles. The summed E-state index contributed by atoms with van der Waals surface area (Å²) >= 11 is 0. The van der Waals surface area contributed by atoms with E-state index in [4.69, 9.17) is 5.26 Å². The van der Waals surface area contributed by atoms with E-state index in [2.05, 4.69) is 21.6 Å². The van der Waals surface area contributed by atoms with Crippen LogP contribution in [0.4, 0.5) is 5.69 Å². The molecule has 2 aliphatic rings. The first-order valence-electron chi connectivity index (χ1n) is 10.1. The molecule has 6 heteroatoms. The van der Waals surface area contributed by atoms with Gasteiger partial charge in [-0.15, -0.1) is 0 Å². The maximum atomic E-state index is 11.7. The highest BCUT2D eigenvalue weighted by molar-refractivity contribution is 7.92. The lowest BCUT2D eigenvalue weighted by molar-refractivity contribution is 0.406. The van der Waals surface area contributed by atoms with Crippen LogP contribution in [0.3, 0.4) is 0 Å². The molecule has 0 aliphatic heterocycles. The lowest BCUT2D eigenvalue weighted by Crippen LogP contribution is -2.13. The van der Waals surface area contributed by atoms with Gasteiger partial charge in [-0.25, -0.2) is 8.42 Å². The molecule has 29 heavy (non-hydrogen) atoms. The van der Waals surface area contributed by atoms with E-state index in [1.54, 1.807) is 0 Å². The van der Waals surface area contributed by atoms with E-state index in [0.717, 1.165) is 33.9 Å². The minimum Gasteiger partial charge on any atom is -0.343 e. The number of nitrogens with one attached hydrogen (secondary N) is 1. The van der Waals surface area contributed by atoms with Gasteiger partial charge in [-0.05, 0) is 67.3 Å². The highest BCUT2D eigenvalue weighted by atomic mass is 32.2. The summed E-state index contributed by atoms with van der Waals surface area (Å²) in [5, 5.41) is 10.2. The maximum Gasteiger partial charge on any atom is 0.229 e. The van der Waals surface area contributed by atoms with Gasteiger partial charge in [0.2, 0.25) is 10.0 Å². The van der Waals surface area contributed by atoms with Gasteiger partial charge < -0.3 is 4.57 Å². The predicted molar refractivity (Wildman–Crippen MR) is 115 cm³/mol. The third-order valence-corrected chi connectivity index (χ3v) is 6.60. The summed E-state index contributed by atoms with van der Waals surface area (Å²) in [7, 11) is -3.33. The van der Waals surface area contributed by atoms with Crippen LogP contribution in [-0.4, -0.2) is 19.2 Å². The van der Waals surface area contributed by atoms with Crippen LogP contribution >= 0.6 is 0 Å². The summed E-state index contributed by atoms with van der Waals surface area (Å²) in [6.07, 6.45) is 8.50. The molecule has 0 atom stereocenters. The van der Waals surface area contributed by atoms with Crippen LogP contribution in [0.15, 0.2) is 48.7 Å². The molecule has 1 N–H and O–H groups in total. The fourth-order valence-corrected chi connectivity index (χ4v) is 5.00. The first-order valence-corrected chi connectivity index (χ1v) is 11.9. The molecular weight excluding hydrogens is 382 g/mol. The van der Waals surface area contributed by atoms with Gasteiger partial charge >= 0.3 is 0 Å². The van der Waals surface area contributed by atoms with Crippen molar-refractivity contribution in [3.05, 3.63) is 54.2 Å². The molecule has 0 radical (unpaired) electrons. The van der Waals surface area contributed by atoms with Crippen LogP contribution in [0.5, 0.6) is 0 Å². The third kappa shape index (κ3) is 3.63. The number of sulfonamides is 1. The van der Waals surface area contributed by atoms with Crippen molar-refractivity contribution in [3.8, 4) is 17.2 Å². The SMILES string of the molecule is CS(=O)(=O)Nc1ccc2c(-c3ccc(C#N)cc3)cn(C(C3CC3)C3CC3)c2c1. The number of fused-ring (bicyclic) bond motifs is 1. The number of anilines is 1. The summed E-state index contributed by atoms with van der Waals surface area (Å²) in [6.45, 7) is 0. The van der Waals surface area contributed by atoms with Gasteiger partial charge in [0.05, 0.1) is 29.1 Å². The quantitative estimate of drug-likeness (QED) is 0.633.